The molecule has 1 aliphatic heterocycles. The molecule has 2 heterocycles. The fourth-order valence-corrected chi connectivity index (χ4v) is 2.31. The minimum atomic E-state index is 0.339. The van der Waals surface area contributed by atoms with Gasteiger partial charge < -0.3 is 14.6 Å². The van der Waals surface area contributed by atoms with E-state index in [0.717, 1.165) is 31.8 Å². The molecule has 2 atom stereocenters. The standard InChI is InChI=1S/C12H19N3O2/c1-8-6-10(8)12-14-11(17-15-12)7-16-9-2-4-13-5-3-9/h8-10,13H,2-7H2,1H3. The summed E-state index contributed by atoms with van der Waals surface area (Å²) < 4.78 is 11.0. The molecule has 94 valence electrons. The smallest absolute Gasteiger partial charge is 0.252 e. The van der Waals surface area contributed by atoms with Gasteiger partial charge >= 0.3 is 0 Å². The van der Waals surface area contributed by atoms with Crippen LogP contribution >= 0.6 is 0 Å². The largest absolute Gasteiger partial charge is 0.368 e. The fraction of sp³-hybridized carbons (Fsp3) is 0.833. The lowest BCUT2D eigenvalue weighted by atomic mass is 10.1. The maximum absolute atomic E-state index is 5.77. The molecular weight excluding hydrogens is 218 g/mol. The van der Waals surface area contributed by atoms with Crippen LogP contribution in [0.3, 0.4) is 0 Å². The first kappa shape index (κ1) is 11.2. The van der Waals surface area contributed by atoms with Crippen molar-refractivity contribution in [3.8, 4) is 0 Å². The highest BCUT2D eigenvalue weighted by atomic mass is 16.5. The quantitative estimate of drug-likeness (QED) is 0.859. The molecule has 2 fully saturated rings. The van der Waals surface area contributed by atoms with Crippen LogP contribution < -0.4 is 5.32 Å². The van der Waals surface area contributed by atoms with Gasteiger partial charge in [0.05, 0.1) is 6.10 Å². The summed E-state index contributed by atoms with van der Waals surface area (Å²) in [5.41, 5.74) is 0. The Labute approximate surface area is 101 Å². The molecule has 2 aliphatic rings. The number of rotatable bonds is 4. The zero-order valence-corrected chi connectivity index (χ0v) is 10.2. The maximum Gasteiger partial charge on any atom is 0.252 e. The van der Waals surface area contributed by atoms with E-state index >= 15 is 0 Å². The Morgan fingerprint density at radius 3 is 2.88 bits per heavy atom. The predicted octanol–water partition coefficient (Wildman–Crippen LogP) is 1.46. The van der Waals surface area contributed by atoms with Gasteiger partial charge in [-0.3, -0.25) is 0 Å². The fourth-order valence-electron chi connectivity index (χ4n) is 2.31. The van der Waals surface area contributed by atoms with Crippen LogP contribution in [0, 0.1) is 5.92 Å². The van der Waals surface area contributed by atoms with Crippen LogP contribution in [0.5, 0.6) is 0 Å². The van der Waals surface area contributed by atoms with Crippen LogP contribution in [0.1, 0.15) is 43.8 Å². The van der Waals surface area contributed by atoms with Crippen molar-refractivity contribution < 1.29 is 9.26 Å². The van der Waals surface area contributed by atoms with Crippen LogP contribution in [0.2, 0.25) is 0 Å². The first-order valence-corrected chi connectivity index (χ1v) is 6.47. The van der Waals surface area contributed by atoms with E-state index in [9.17, 15) is 0 Å². The second-order valence-electron chi connectivity index (χ2n) is 5.13. The van der Waals surface area contributed by atoms with E-state index in [1.165, 1.54) is 6.42 Å². The molecule has 0 bridgehead atoms. The average molecular weight is 237 g/mol. The molecule has 1 saturated heterocycles. The monoisotopic (exact) mass is 237 g/mol. The Morgan fingerprint density at radius 2 is 2.18 bits per heavy atom. The topological polar surface area (TPSA) is 60.2 Å². The van der Waals surface area contributed by atoms with E-state index in [0.29, 0.717) is 30.4 Å². The molecule has 5 nitrogen and oxygen atoms in total. The van der Waals surface area contributed by atoms with Gasteiger partial charge in [-0.05, 0) is 38.3 Å². The van der Waals surface area contributed by atoms with Crippen LogP contribution in [0.25, 0.3) is 0 Å². The molecule has 1 aromatic heterocycles. The minimum Gasteiger partial charge on any atom is -0.368 e. The Kier molecular flexibility index (Phi) is 3.11. The highest BCUT2D eigenvalue weighted by Crippen LogP contribution is 2.45. The van der Waals surface area contributed by atoms with E-state index in [1.54, 1.807) is 0 Å². The van der Waals surface area contributed by atoms with Crippen LogP contribution in [-0.4, -0.2) is 29.3 Å². The number of hydrogen-bond acceptors (Lipinski definition) is 5. The lowest BCUT2D eigenvalue weighted by molar-refractivity contribution is 0.00859. The first-order chi connectivity index (χ1) is 8.33. The summed E-state index contributed by atoms with van der Waals surface area (Å²) in [5, 5.41) is 7.33. The summed E-state index contributed by atoms with van der Waals surface area (Å²) in [6.45, 7) is 4.75. The molecule has 1 aromatic rings. The third-order valence-electron chi connectivity index (χ3n) is 3.65. The normalized spacial score (nSPS) is 29.5. The molecular formula is C12H19N3O2. The van der Waals surface area contributed by atoms with Gasteiger partial charge in [0.1, 0.15) is 6.61 Å². The number of hydrogen-bond donors (Lipinski definition) is 1. The second kappa shape index (κ2) is 4.74. The Hall–Kier alpha value is -0.940. The van der Waals surface area contributed by atoms with Gasteiger partial charge in [-0.25, -0.2) is 0 Å². The molecule has 1 N–H and O–H groups in total. The van der Waals surface area contributed by atoms with Gasteiger partial charge in [-0.1, -0.05) is 12.1 Å². The molecule has 0 spiro atoms. The van der Waals surface area contributed by atoms with Crippen LogP contribution in [0.15, 0.2) is 4.52 Å². The van der Waals surface area contributed by atoms with Crippen molar-refractivity contribution in [2.75, 3.05) is 13.1 Å². The van der Waals surface area contributed by atoms with Gasteiger partial charge in [-0.2, -0.15) is 4.98 Å². The van der Waals surface area contributed by atoms with Crippen molar-refractivity contribution in [3.05, 3.63) is 11.7 Å². The summed E-state index contributed by atoms with van der Waals surface area (Å²) in [6.07, 6.45) is 3.67. The molecule has 0 aromatic carbocycles. The Balaban J connectivity index is 1.49. The number of piperidine rings is 1. The van der Waals surface area contributed by atoms with E-state index in [4.69, 9.17) is 9.26 Å². The highest BCUT2D eigenvalue weighted by Gasteiger charge is 2.38. The first-order valence-electron chi connectivity index (χ1n) is 6.47. The van der Waals surface area contributed by atoms with Crippen molar-refractivity contribution in [2.45, 2.75) is 44.8 Å². The molecule has 1 aliphatic carbocycles. The molecule has 2 unspecified atom stereocenters. The summed E-state index contributed by atoms with van der Waals surface area (Å²) in [5.74, 6) is 2.72. The minimum absolute atomic E-state index is 0.339. The van der Waals surface area contributed by atoms with Crippen molar-refractivity contribution in [2.24, 2.45) is 5.92 Å². The van der Waals surface area contributed by atoms with E-state index in [-0.39, 0.29) is 0 Å². The van der Waals surface area contributed by atoms with Gasteiger partial charge in [0.2, 0.25) is 0 Å². The van der Waals surface area contributed by atoms with Gasteiger partial charge in [0.15, 0.2) is 5.82 Å². The molecule has 1 saturated carbocycles. The number of aromatic nitrogens is 2. The van der Waals surface area contributed by atoms with Gasteiger partial charge in [0.25, 0.3) is 5.89 Å². The second-order valence-corrected chi connectivity index (χ2v) is 5.13. The number of nitrogens with zero attached hydrogens (tertiary/aromatic N) is 2. The van der Waals surface area contributed by atoms with Gasteiger partial charge in [0, 0.05) is 5.92 Å². The Morgan fingerprint density at radius 1 is 1.41 bits per heavy atom. The zero-order valence-electron chi connectivity index (χ0n) is 10.2. The summed E-state index contributed by atoms with van der Waals surface area (Å²) in [6, 6.07) is 0. The number of ether oxygens (including phenoxy) is 1. The molecule has 0 amide bonds. The lowest BCUT2D eigenvalue weighted by Gasteiger charge is -2.21. The predicted molar refractivity (Wildman–Crippen MR) is 61.5 cm³/mol. The van der Waals surface area contributed by atoms with E-state index < -0.39 is 0 Å². The third-order valence-corrected chi connectivity index (χ3v) is 3.65. The molecule has 5 heteroatoms. The lowest BCUT2D eigenvalue weighted by Crippen LogP contribution is -2.32. The zero-order chi connectivity index (χ0) is 11.7. The highest BCUT2D eigenvalue weighted by molar-refractivity contribution is 5.07. The van der Waals surface area contributed by atoms with Crippen LogP contribution in [0.4, 0.5) is 0 Å². The Bertz CT molecular complexity index is 374. The summed E-state index contributed by atoms with van der Waals surface area (Å²) in [7, 11) is 0. The summed E-state index contributed by atoms with van der Waals surface area (Å²) >= 11 is 0. The van der Waals surface area contributed by atoms with Crippen molar-refractivity contribution >= 4 is 0 Å². The summed E-state index contributed by atoms with van der Waals surface area (Å²) in [4.78, 5) is 4.39. The van der Waals surface area contributed by atoms with Crippen molar-refractivity contribution in [1.29, 1.82) is 0 Å². The van der Waals surface area contributed by atoms with E-state index in [1.807, 2.05) is 0 Å². The van der Waals surface area contributed by atoms with E-state index in [2.05, 4.69) is 22.4 Å². The van der Waals surface area contributed by atoms with Crippen molar-refractivity contribution in [3.63, 3.8) is 0 Å². The SMILES string of the molecule is CC1CC1c1noc(COC2CCNCC2)n1. The molecule has 0 radical (unpaired) electrons. The maximum atomic E-state index is 5.77. The van der Waals surface area contributed by atoms with Crippen molar-refractivity contribution in [1.82, 2.24) is 15.5 Å². The molecule has 17 heavy (non-hydrogen) atoms. The number of nitrogens with one attached hydrogen (secondary N) is 1. The van der Waals surface area contributed by atoms with Gasteiger partial charge in [-0.15, -0.1) is 0 Å². The van der Waals surface area contributed by atoms with Crippen LogP contribution in [-0.2, 0) is 11.3 Å². The molecule has 3 rings (SSSR count). The third kappa shape index (κ3) is 2.66. The average Bonchev–Trinajstić information content (AvgIpc) is 2.92.